The fourth-order valence-corrected chi connectivity index (χ4v) is 7.06. The summed E-state index contributed by atoms with van der Waals surface area (Å²) in [5.41, 5.74) is 7.84. The van der Waals surface area contributed by atoms with Crippen molar-refractivity contribution < 1.29 is 9.59 Å². The molecular weight excluding hydrogens is 866 g/mol. The second kappa shape index (κ2) is 20.1. The molecule has 0 radical (unpaired) electrons. The molecular formula is C49H52ClN15O2. The van der Waals surface area contributed by atoms with Gasteiger partial charge in [0.25, 0.3) is 0 Å². The zero-order chi connectivity index (χ0) is 47.9. The Morgan fingerprint density at radius 3 is 1.51 bits per heavy atom. The highest BCUT2D eigenvalue weighted by molar-refractivity contribution is 6.31. The normalized spacial score (nSPS) is 11.4. The summed E-state index contributed by atoms with van der Waals surface area (Å²) in [6, 6.07) is 15.0. The number of benzene rings is 2. The Balaban J connectivity index is 0.000000199. The molecule has 0 spiro atoms. The molecule has 0 atom stereocenters. The zero-order valence-electron chi connectivity index (χ0n) is 38.7. The highest BCUT2D eigenvalue weighted by Crippen LogP contribution is 2.30. The number of aryl methyl sites for hydroxylation is 4. The van der Waals surface area contributed by atoms with Crippen molar-refractivity contribution in [2.24, 2.45) is 14.1 Å². The SMILES string of the molecule is Cn1cc(Nc2nccc(-c3ccc(CCC(=O)c4cnn(C(C)(C)C)c4)c(Cl)c3)n2)cn1.[C-]#[N+]c1cc(-c2ccnc(Nc3cnn(C)c3)n2)ccc1CCC(=O)c1cnn(C(C)(C)C)c1. The summed E-state index contributed by atoms with van der Waals surface area (Å²) in [5.74, 6) is 0.979. The average Bonchev–Trinajstić information content (AvgIpc) is 4.14. The Kier molecular flexibility index (Phi) is 14.2. The molecule has 2 aromatic carbocycles. The Labute approximate surface area is 394 Å². The number of halogens is 1. The molecule has 0 saturated carbocycles. The van der Waals surface area contributed by atoms with Crippen LogP contribution in [0.3, 0.4) is 0 Å². The molecule has 0 saturated heterocycles. The summed E-state index contributed by atoms with van der Waals surface area (Å²) >= 11 is 6.55. The van der Waals surface area contributed by atoms with Gasteiger partial charge in [-0.25, -0.2) is 24.8 Å². The summed E-state index contributed by atoms with van der Waals surface area (Å²) < 4.78 is 6.99. The van der Waals surface area contributed by atoms with E-state index in [4.69, 9.17) is 18.2 Å². The lowest BCUT2D eigenvalue weighted by atomic mass is 10.0. The molecule has 0 amide bonds. The van der Waals surface area contributed by atoms with E-state index in [0.717, 1.165) is 39.3 Å². The summed E-state index contributed by atoms with van der Waals surface area (Å²) in [6.45, 7) is 19.9. The third-order valence-electron chi connectivity index (χ3n) is 10.5. The van der Waals surface area contributed by atoms with Gasteiger partial charge in [0.2, 0.25) is 11.9 Å². The minimum absolute atomic E-state index is 0.0115. The Hall–Kier alpha value is -7.84. The number of nitrogens with one attached hydrogen (secondary N) is 2. The Morgan fingerprint density at radius 2 is 1.09 bits per heavy atom. The minimum Gasteiger partial charge on any atom is -0.321 e. The molecule has 0 fully saturated rings. The molecule has 0 aliphatic rings. The number of Topliss-reactive ketones (excluding diaryl/α,β-unsaturated/α-hetero) is 2. The van der Waals surface area contributed by atoms with Crippen LogP contribution in [0.1, 0.15) is 86.2 Å². The molecule has 342 valence electrons. The molecule has 8 aromatic rings. The number of rotatable bonds is 14. The Morgan fingerprint density at radius 1 is 0.627 bits per heavy atom. The van der Waals surface area contributed by atoms with Crippen LogP contribution >= 0.6 is 11.6 Å². The van der Waals surface area contributed by atoms with E-state index in [-0.39, 0.29) is 22.6 Å². The van der Waals surface area contributed by atoms with Gasteiger partial charge in [0, 0.05) is 74.7 Å². The van der Waals surface area contributed by atoms with Gasteiger partial charge in [-0.3, -0.25) is 28.3 Å². The predicted octanol–water partition coefficient (Wildman–Crippen LogP) is 9.98. The van der Waals surface area contributed by atoms with Gasteiger partial charge < -0.3 is 10.6 Å². The van der Waals surface area contributed by atoms with Crippen LogP contribution in [-0.4, -0.2) is 70.6 Å². The van der Waals surface area contributed by atoms with Crippen molar-refractivity contribution in [1.29, 1.82) is 0 Å². The fraction of sp³-hybridized carbons (Fsp3) is 0.286. The van der Waals surface area contributed by atoms with Crippen LogP contribution in [0.15, 0.2) is 110 Å². The predicted molar refractivity (Wildman–Crippen MR) is 259 cm³/mol. The first-order valence-electron chi connectivity index (χ1n) is 21.6. The highest BCUT2D eigenvalue weighted by atomic mass is 35.5. The van der Waals surface area contributed by atoms with Crippen molar-refractivity contribution in [2.75, 3.05) is 10.6 Å². The first-order chi connectivity index (χ1) is 31.9. The largest absolute Gasteiger partial charge is 0.321 e. The number of nitrogens with zero attached hydrogens (tertiary/aromatic N) is 13. The number of aromatic nitrogens is 12. The summed E-state index contributed by atoms with van der Waals surface area (Å²) in [4.78, 5) is 46.6. The van der Waals surface area contributed by atoms with Gasteiger partial charge >= 0.3 is 0 Å². The van der Waals surface area contributed by atoms with E-state index in [1.54, 1.807) is 80.4 Å². The maximum Gasteiger partial charge on any atom is 0.227 e. The van der Waals surface area contributed by atoms with Gasteiger partial charge in [-0.1, -0.05) is 35.9 Å². The third kappa shape index (κ3) is 12.3. The van der Waals surface area contributed by atoms with E-state index in [2.05, 4.69) is 55.8 Å². The molecule has 6 aromatic heterocycles. The molecule has 0 unspecified atom stereocenters. The van der Waals surface area contributed by atoms with Crippen LogP contribution < -0.4 is 10.6 Å². The number of anilines is 4. The standard InChI is InChI=1S/C25H26N8O.C24H26ClN7O/c1-25(2,3)33-15-19(13-29-33)23(34)9-8-17-6-7-18(12-22(17)26-4)21-10-11-27-24(31-21)30-20-14-28-32(5)16-20;1-24(2,3)32-14-18(12-28-32)22(33)8-7-16-5-6-17(11-20(16)25)21-9-10-26-23(30-21)29-19-13-27-31(4)15-19/h6-7,10-16H,8-9H2,1-3,5H3,(H,27,30,31);5-6,9-15H,7-8H2,1-4H3,(H,26,29,30). The van der Waals surface area contributed by atoms with E-state index in [0.29, 0.717) is 65.1 Å². The van der Waals surface area contributed by atoms with Crippen LogP contribution in [0.2, 0.25) is 5.02 Å². The number of carbonyl (C=O) groups excluding carboxylic acids is 2. The maximum absolute atomic E-state index is 12.7. The first kappa shape index (κ1) is 47.1. The number of ketones is 2. The van der Waals surface area contributed by atoms with Crippen LogP contribution in [0.5, 0.6) is 0 Å². The minimum atomic E-state index is -0.181. The molecule has 0 bridgehead atoms. The quantitative estimate of drug-likeness (QED) is 0.0778. The topological polar surface area (TPSA) is 185 Å². The van der Waals surface area contributed by atoms with Gasteiger partial charge in [0.15, 0.2) is 17.3 Å². The van der Waals surface area contributed by atoms with Crippen molar-refractivity contribution in [1.82, 2.24) is 59.1 Å². The van der Waals surface area contributed by atoms with Gasteiger partial charge in [-0.2, -0.15) is 20.4 Å². The van der Waals surface area contributed by atoms with Crippen LogP contribution in [0.4, 0.5) is 29.0 Å². The summed E-state index contributed by atoms with van der Waals surface area (Å²) in [7, 11) is 3.68. The molecule has 8 rings (SSSR count). The van der Waals surface area contributed by atoms with Gasteiger partial charge in [-0.15, -0.1) is 0 Å². The first-order valence-corrected chi connectivity index (χ1v) is 21.9. The zero-order valence-corrected chi connectivity index (χ0v) is 39.5. The van der Waals surface area contributed by atoms with E-state index in [1.165, 1.54) is 0 Å². The third-order valence-corrected chi connectivity index (χ3v) is 10.9. The second-order valence-electron chi connectivity index (χ2n) is 17.9. The molecule has 0 aliphatic carbocycles. The van der Waals surface area contributed by atoms with E-state index >= 15 is 0 Å². The van der Waals surface area contributed by atoms with Crippen molar-refractivity contribution in [3.63, 3.8) is 0 Å². The van der Waals surface area contributed by atoms with Gasteiger partial charge in [0.1, 0.15) is 0 Å². The fourth-order valence-electron chi connectivity index (χ4n) is 6.79. The summed E-state index contributed by atoms with van der Waals surface area (Å²) in [6.07, 6.45) is 19.0. The lowest BCUT2D eigenvalue weighted by molar-refractivity contribution is 0.0974. The van der Waals surface area contributed by atoms with Crippen LogP contribution in [0, 0.1) is 6.57 Å². The molecule has 17 nitrogen and oxygen atoms in total. The van der Waals surface area contributed by atoms with E-state index in [1.807, 2.05) is 104 Å². The van der Waals surface area contributed by atoms with Crippen molar-refractivity contribution in [2.45, 2.75) is 78.3 Å². The smallest absolute Gasteiger partial charge is 0.227 e. The van der Waals surface area contributed by atoms with Crippen molar-refractivity contribution in [3.8, 4) is 22.5 Å². The summed E-state index contributed by atoms with van der Waals surface area (Å²) in [5, 5.41) is 23.7. The Bertz CT molecular complexity index is 3070. The van der Waals surface area contributed by atoms with Crippen LogP contribution in [-0.2, 0) is 38.0 Å². The van der Waals surface area contributed by atoms with Crippen molar-refractivity contribution >= 4 is 52.1 Å². The van der Waals surface area contributed by atoms with E-state index < -0.39 is 0 Å². The van der Waals surface area contributed by atoms with Crippen molar-refractivity contribution in [3.05, 3.63) is 149 Å². The molecule has 18 heteroatoms. The monoisotopic (exact) mass is 917 g/mol. The molecule has 0 aliphatic heterocycles. The lowest BCUT2D eigenvalue weighted by Crippen LogP contribution is -2.22. The van der Waals surface area contributed by atoms with Crippen LogP contribution in [0.25, 0.3) is 27.4 Å². The van der Waals surface area contributed by atoms with Gasteiger partial charge in [-0.05, 0) is 95.3 Å². The number of hydrogen-bond acceptors (Lipinski definition) is 12. The number of carbonyl (C=O) groups is 2. The second-order valence-corrected chi connectivity index (χ2v) is 18.3. The molecule has 6 heterocycles. The van der Waals surface area contributed by atoms with Gasteiger partial charge in [0.05, 0.1) is 76.3 Å². The molecule has 67 heavy (non-hydrogen) atoms. The maximum atomic E-state index is 12.7. The molecule has 2 N–H and O–H groups in total. The highest BCUT2D eigenvalue weighted by Gasteiger charge is 2.19. The lowest BCUT2D eigenvalue weighted by Gasteiger charge is -2.18. The average molecular weight is 919 g/mol. The number of hydrogen-bond donors (Lipinski definition) is 2. The van der Waals surface area contributed by atoms with E-state index in [9.17, 15) is 9.59 Å².